The quantitative estimate of drug-likeness (QED) is 0.872. The van der Waals surface area contributed by atoms with Gasteiger partial charge >= 0.3 is 5.97 Å². The molecule has 2 aromatic rings. The molecule has 7 nitrogen and oxygen atoms in total. The van der Waals surface area contributed by atoms with Gasteiger partial charge in [-0.25, -0.2) is 4.79 Å². The van der Waals surface area contributed by atoms with E-state index in [0.29, 0.717) is 12.1 Å². The van der Waals surface area contributed by atoms with Crippen LogP contribution >= 0.6 is 0 Å². The maximum atomic E-state index is 12.5. The second-order valence-corrected chi connectivity index (χ2v) is 6.04. The first kappa shape index (κ1) is 16.2. The van der Waals surface area contributed by atoms with Crippen molar-refractivity contribution in [2.75, 3.05) is 13.1 Å². The Bertz CT molecular complexity index is 733. The summed E-state index contributed by atoms with van der Waals surface area (Å²) < 4.78 is 1.69. The first-order valence-corrected chi connectivity index (χ1v) is 7.79. The number of carboxylic acids is 1. The molecule has 1 amide bonds. The van der Waals surface area contributed by atoms with E-state index in [1.54, 1.807) is 15.8 Å². The summed E-state index contributed by atoms with van der Waals surface area (Å²) in [5.41, 5.74) is -0.176. The monoisotopic (exact) mass is 329 g/mol. The van der Waals surface area contributed by atoms with Crippen molar-refractivity contribution in [2.24, 2.45) is 0 Å². The van der Waals surface area contributed by atoms with E-state index >= 15 is 0 Å². The fourth-order valence-corrected chi connectivity index (χ4v) is 2.81. The SMILES string of the molecule is O=C(c1cnn(Cc2ccccc2)c1)N1CCC(O)(C(=O)O)CC1. The van der Waals surface area contributed by atoms with E-state index in [9.17, 15) is 14.7 Å². The third-order valence-corrected chi connectivity index (χ3v) is 4.34. The minimum atomic E-state index is -1.73. The molecule has 7 heteroatoms. The molecule has 3 rings (SSSR count). The van der Waals surface area contributed by atoms with E-state index < -0.39 is 11.6 Å². The molecule has 0 bridgehead atoms. The summed E-state index contributed by atoms with van der Waals surface area (Å²) in [5, 5.41) is 23.2. The van der Waals surface area contributed by atoms with Crippen molar-refractivity contribution in [3.05, 3.63) is 53.9 Å². The molecule has 0 spiro atoms. The minimum Gasteiger partial charge on any atom is -0.479 e. The highest BCUT2D eigenvalue weighted by molar-refractivity contribution is 5.94. The van der Waals surface area contributed by atoms with Crippen LogP contribution in [0.15, 0.2) is 42.7 Å². The minimum absolute atomic E-state index is 0.0340. The summed E-state index contributed by atoms with van der Waals surface area (Å²) in [4.78, 5) is 25.1. The number of nitrogens with zero attached hydrogens (tertiary/aromatic N) is 3. The van der Waals surface area contributed by atoms with Gasteiger partial charge in [0.2, 0.25) is 0 Å². The van der Waals surface area contributed by atoms with E-state index in [-0.39, 0.29) is 31.8 Å². The molecule has 1 fully saturated rings. The van der Waals surface area contributed by atoms with Gasteiger partial charge in [-0.2, -0.15) is 5.10 Å². The number of carboxylic acid groups (broad SMARTS) is 1. The lowest BCUT2D eigenvalue weighted by atomic mass is 9.91. The van der Waals surface area contributed by atoms with Crippen LogP contribution in [0.5, 0.6) is 0 Å². The fraction of sp³-hybridized carbons (Fsp3) is 0.353. The first-order valence-electron chi connectivity index (χ1n) is 7.79. The van der Waals surface area contributed by atoms with Crippen LogP contribution in [-0.4, -0.2) is 55.5 Å². The van der Waals surface area contributed by atoms with Crippen LogP contribution in [-0.2, 0) is 11.3 Å². The summed E-state index contributed by atoms with van der Waals surface area (Å²) in [7, 11) is 0. The van der Waals surface area contributed by atoms with Crippen molar-refractivity contribution in [3.8, 4) is 0 Å². The van der Waals surface area contributed by atoms with E-state index in [2.05, 4.69) is 5.10 Å². The number of likely N-dealkylation sites (tertiary alicyclic amines) is 1. The van der Waals surface area contributed by atoms with E-state index in [1.807, 2.05) is 30.3 Å². The maximum Gasteiger partial charge on any atom is 0.335 e. The van der Waals surface area contributed by atoms with E-state index in [1.165, 1.54) is 6.20 Å². The third-order valence-electron chi connectivity index (χ3n) is 4.34. The van der Waals surface area contributed by atoms with Crippen molar-refractivity contribution in [1.82, 2.24) is 14.7 Å². The van der Waals surface area contributed by atoms with Gasteiger partial charge in [0.15, 0.2) is 5.60 Å². The van der Waals surface area contributed by atoms with Crippen molar-refractivity contribution < 1.29 is 19.8 Å². The molecule has 1 saturated heterocycles. The number of benzene rings is 1. The number of aliphatic carboxylic acids is 1. The zero-order valence-corrected chi connectivity index (χ0v) is 13.1. The summed E-state index contributed by atoms with van der Waals surface area (Å²) in [6.07, 6.45) is 3.27. The smallest absolute Gasteiger partial charge is 0.335 e. The Labute approximate surface area is 139 Å². The highest BCUT2D eigenvalue weighted by Crippen LogP contribution is 2.23. The molecule has 1 aliphatic heterocycles. The predicted octanol–water partition coefficient (Wildman–Crippen LogP) is 0.983. The Morgan fingerprint density at radius 3 is 2.46 bits per heavy atom. The summed E-state index contributed by atoms with van der Waals surface area (Å²) in [6.45, 7) is 1.00. The molecule has 24 heavy (non-hydrogen) atoms. The van der Waals surface area contributed by atoms with Gasteiger partial charge in [0, 0.05) is 32.1 Å². The van der Waals surface area contributed by atoms with Crippen molar-refractivity contribution >= 4 is 11.9 Å². The molecule has 0 saturated carbocycles. The summed E-state index contributed by atoms with van der Waals surface area (Å²) in [5.74, 6) is -1.42. The molecule has 1 aromatic heterocycles. The Hall–Kier alpha value is -2.67. The zero-order valence-electron chi connectivity index (χ0n) is 13.1. The predicted molar refractivity (Wildman–Crippen MR) is 85.5 cm³/mol. The van der Waals surface area contributed by atoms with Gasteiger partial charge in [-0.3, -0.25) is 9.48 Å². The number of hydrogen-bond acceptors (Lipinski definition) is 4. The van der Waals surface area contributed by atoms with Crippen LogP contribution in [0.25, 0.3) is 0 Å². The van der Waals surface area contributed by atoms with Crippen molar-refractivity contribution in [2.45, 2.75) is 25.0 Å². The largest absolute Gasteiger partial charge is 0.479 e. The lowest BCUT2D eigenvalue weighted by Crippen LogP contribution is -2.50. The molecule has 126 valence electrons. The number of aromatic nitrogens is 2. The van der Waals surface area contributed by atoms with Gasteiger partial charge in [-0.1, -0.05) is 30.3 Å². The number of piperidine rings is 1. The van der Waals surface area contributed by atoms with Gasteiger partial charge in [-0.05, 0) is 5.56 Å². The number of carbonyl (C=O) groups is 2. The van der Waals surface area contributed by atoms with Crippen LogP contribution in [0.3, 0.4) is 0 Å². The molecule has 2 heterocycles. The lowest BCUT2D eigenvalue weighted by molar-refractivity contribution is -0.162. The Morgan fingerprint density at radius 1 is 1.17 bits per heavy atom. The van der Waals surface area contributed by atoms with Crippen LogP contribution in [0.4, 0.5) is 0 Å². The number of hydrogen-bond donors (Lipinski definition) is 2. The third kappa shape index (κ3) is 3.30. The number of carbonyl (C=O) groups excluding carboxylic acids is 1. The molecular formula is C17H19N3O4. The number of aliphatic hydroxyl groups is 1. The second kappa shape index (κ2) is 6.45. The highest BCUT2D eigenvalue weighted by atomic mass is 16.4. The molecule has 2 N–H and O–H groups in total. The summed E-state index contributed by atoms with van der Waals surface area (Å²) in [6, 6.07) is 9.81. The van der Waals surface area contributed by atoms with Crippen LogP contribution in [0, 0.1) is 0 Å². The molecule has 1 aromatic carbocycles. The topological polar surface area (TPSA) is 95.7 Å². The van der Waals surface area contributed by atoms with Crippen LogP contribution in [0.2, 0.25) is 0 Å². The van der Waals surface area contributed by atoms with Crippen LogP contribution in [0.1, 0.15) is 28.8 Å². The number of amides is 1. The standard InChI is InChI=1S/C17H19N3O4/c21-15(19-8-6-17(24,7-9-19)16(22)23)14-10-18-20(12-14)11-13-4-2-1-3-5-13/h1-5,10,12,24H,6-9,11H2,(H,22,23). The van der Waals surface area contributed by atoms with Crippen LogP contribution < -0.4 is 0 Å². The molecule has 1 aliphatic rings. The second-order valence-electron chi connectivity index (χ2n) is 6.04. The molecular weight excluding hydrogens is 310 g/mol. The normalized spacial score (nSPS) is 16.8. The molecule has 0 aliphatic carbocycles. The average Bonchev–Trinajstić information content (AvgIpc) is 3.04. The zero-order chi connectivity index (χ0) is 17.2. The Balaban J connectivity index is 1.63. The van der Waals surface area contributed by atoms with Gasteiger partial charge in [0.1, 0.15) is 0 Å². The Morgan fingerprint density at radius 2 is 1.83 bits per heavy atom. The van der Waals surface area contributed by atoms with Gasteiger partial charge in [0.05, 0.1) is 18.3 Å². The first-order chi connectivity index (χ1) is 11.5. The van der Waals surface area contributed by atoms with E-state index in [0.717, 1.165) is 5.56 Å². The fourth-order valence-electron chi connectivity index (χ4n) is 2.81. The molecule has 0 atom stereocenters. The summed E-state index contributed by atoms with van der Waals surface area (Å²) >= 11 is 0. The van der Waals surface area contributed by atoms with Gasteiger partial charge in [-0.15, -0.1) is 0 Å². The lowest BCUT2D eigenvalue weighted by Gasteiger charge is -2.35. The average molecular weight is 329 g/mol. The van der Waals surface area contributed by atoms with Crippen molar-refractivity contribution in [1.29, 1.82) is 0 Å². The molecule has 0 unspecified atom stereocenters. The van der Waals surface area contributed by atoms with Crippen molar-refractivity contribution in [3.63, 3.8) is 0 Å². The Kier molecular flexibility index (Phi) is 4.35. The molecule has 0 radical (unpaired) electrons. The highest BCUT2D eigenvalue weighted by Gasteiger charge is 2.40. The van der Waals surface area contributed by atoms with E-state index in [4.69, 9.17) is 5.11 Å². The van der Waals surface area contributed by atoms with Gasteiger partial charge < -0.3 is 15.1 Å². The maximum absolute atomic E-state index is 12.5. The number of rotatable bonds is 4. The van der Waals surface area contributed by atoms with Gasteiger partial charge in [0.25, 0.3) is 5.91 Å².